The molecule has 0 radical (unpaired) electrons. The number of hydrogen-bond donors (Lipinski definition) is 0. The first-order valence-electron chi connectivity index (χ1n) is 5.50. The van der Waals surface area contributed by atoms with Crippen LogP contribution in [-0.4, -0.2) is 25.5 Å². The molecule has 0 bridgehead atoms. The van der Waals surface area contributed by atoms with Crippen molar-refractivity contribution in [3.05, 3.63) is 29.8 Å². The van der Waals surface area contributed by atoms with Gasteiger partial charge in [0.2, 0.25) is 0 Å². The van der Waals surface area contributed by atoms with E-state index in [0.717, 1.165) is 12.2 Å². The average Bonchev–Trinajstić information content (AvgIpc) is 2.36. The molecule has 4 nitrogen and oxygen atoms in total. The van der Waals surface area contributed by atoms with E-state index < -0.39 is 5.97 Å². The largest absolute Gasteiger partial charge is 0.494 e. The smallest absolute Gasteiger partial charge is 0.313 e. The molecular formula is C13H16O4. The van der Waals surface area contributed by atoms with Gasteiger partial charge in [0.25, 0.3) is 0 Å². The van der Waals surface area contributed by atoms with Crippen LogP contribution in [0.5, 0.6) is 5.75 Å². The van der Waals surface area contributed by atoms with Gasteiger partial charge in [-0.3, -0.25) is 9.59 Å². The van der Waals surface area contributed by atoms with Crippen molar-refractivity contribution < 1.29 is 19.1 Å². The first kappa shape index (κ1) is 13.2. The van der Waals surface area contributed by atoms with Crippen LogP contribution in [0, 0.1) is 0 Å². The van der Waals surface area contributed by atoms with E-state index in [-0.39, 0.29) is 12.2 Å². The number of rotatable bonds is 6. The zero-order valence-corrected chi connectivity index (χ0v) is 10.1. The van der Waals surface area contributed by atoms with Gasteiger partial charge in [-0.2, -0.15) is 0 Å². The first-order chi connectivity index (χ1) is 8.17. The van der Waals surface area contributed by atoms with Crippen LogP contribution < -0.4 is 4.74 Å². The molecule has 1 aromatic carbocycles. The standard InChI is InChI=1S/C13H16O4/c1-3-8-17-11-6-4-10(5-7-11)12(14)9-13(15)16-2/h4-7H,3,8-9H2,1-2H3. The van der Waals surface area contributed by atoms with Crippen LogP contribution in [0.2, 0.25) is 0 Å². The van der Waals surface area contributed by atoms with E-state index in [9.17, 15) is 9.59 Å². The fourth-order valence-electron chi connectivity index (χ4n) is 1.26. The minimum absolute atomic E-state index is 0.230. The van der Waals surface area contributed by atoms with Gasteiger partial charge in [-0.1, -0.05) is 6.92 Å². The molecule has 4 heteroatoms. The third-order valence-electron chi connectivity index (χ3n) is 2.18. The summed E-state index contributed by atoms with van der Waals surface area (Å²) in [5.41, 5.74) is 0.485. The summed E-state index contributed by atoms with van der Waals surface area (Å²) in [6.07, 6.45) is 0.703. The second-order valence-corrected chi connectivity index (χ2v) is 3.55. The molecule has 0 aromatic heterocycles. The molecule has 0 saturated carbocycles. The molecule has 92 valence electrons. The maximum Gasteiger partial charge on any atom is 0.313 e. The Morgan fingerprint density at radius 1 is 1.18 bits per heavy atom. The second kappa shape index (κ2) is 6.68. The van der Waals surface area contributed by atoms with Crippen molar-refractivity contribution in [3.63, 3.8) is 0 Å². The number of carbonyl (C=O) groups is 2. The SMILES string of the molecule is CCCOc1ccc(C(=O)CC(=O)OC)cc1. The Morgan fingerprint density at radius 3 is 2.35 bits per heavy atom. The summed E-state index contributed by atoms with van der Waals surface area (Å²) >= 11 is 0. The number of benzene rings is 1. The maximum atomic E-state index is 11.6. The van der Waals surface area contributed by atoms with Crippen molar-refractivity contribution in [1.29, 1.82) is 0 Å². The normalized spacial score (nSPS) is 9.76. The number of esters is 1. The predicted octanol–water partition coefficient (Wildman–Crippen LogP) is 2.22. The third kappa shape index (κ3) is 4.26. The highest BCUT2D eigenvalue weighted by Crippen LogP contribution is 2.13. The van der Waals surface area contributed by atoms with Crippen molar-refractivity contribution >= 4 is 11.8 Å². The van der Waals surface area contributed by atoms with Crippen LogP contribution >= 0.6 is 0 Å². The molecule has 0 amide bonds. The van der Waals surface area contributed by atoms with Crippen LogP contribution in [0.4, 0.5) is 0 Å². The van der Waals surface area contributed by atoms with Gasteiger partial charge in [-0.15, -0.1) is 0 Å². The van der Waals surface area contributed by atoms with E-state index in [0.29, 0.717) is 12.2 Å². The number of ether oxygens (including phenoxy) is 2. The van der Waals surface area contributed by atoms with Crippen LogP contribution in [-0.2, 0) is 9.53 Å². The third-order valence-corrected chi connectivity index (χ3v) is 2.18. The lowest BCUT2D eigenvalue weighted by molar-refractivity contribution is -0.139. The van der Waals surface area contributed by atoms with E-state index in [2.05, 4.69) is 4.74 Å². The number of methoxy groups -OCH3 is 1. The van der Waals surface area contributed by atoms with Gasteiger partial charge < -0.3 is 9.47 Å². The lowest BCUT2D eigenvalue weighted by Gasteiger charge is -2.05. The summed E-state index contributed by atoms with van der Waals surface area (Å²) in [4.78, 5) is 22.5. The Labute approximate surface area is 101 Å². The van der Waals surface area contributed by atoms with Gasteiger partial charge in [0.15, 0.2) is 5.78 Å². The highest BCUT2D eigenvalue weighted by Gasteiger charge is 2.11. The van der Waals surface area contributed by atoms with Crippen LogP contribution in [0.3, 0.4) is 0 Å². The molecule has 1 aromatic rings. The Morgan fingerprint density at radius 2 is 1.82 bits per heavy atom. The summed E-state index contributed by atoms with van der Waals surface area (Å²) in [6, 6.07) is 6.74. The molecule has 0 fully saturated rings. The quantitative estimate of drug-likeness (QED) is 0.431. The highest BCUT2D eigenvalue weighted by molar-refractivity contribution is 6.05. The molecule has 1 rings (SSSR count). The fourth-order valence-corrected chi connectivity index (χ4v) is 1.26. The molecule has 0 unspecified atom stereocenters. The van der Waals surface area contributed by atoms with E-state index >= 15 is 0 Å². The minimum atomic E-state index is -0.527. The van der Waals surface area contributed by atoms with E-state index in [4.69, 9.17) is 4.74 Å². The van der Waals surface area contributed by atoms with E-state index in [1.807, 2.05) is 6.92 Å². The molecular weight excluding hydrogens is 220 g/mol. The molecule has 0 heterocycles. The molecule has 0 aliphatic heterocycles. The molecule has 0 aliphatic carbocycles. The van der Waals surface area contributed by atoms with Crippen molar-refractivity contribution in [3.8, 4) is 5.75 Å². The molecule has 0 saturated heterocycles. The lowest BCUT2D eigenvalue weighted by atomic mass is 10.1. The van der Waals surface area contributed by atoms with Gasteiger partial charge in [-0.05, 0) is 30.7 Å². The van der Waals surface area contributed by atoms with Gasteiger partial charge in [0, 0.05) is 5.56 Å². The average molecular weight is 236 g/mol. The lowest BCUT2D eigenvalue weighted by Crippen LogP contribution is -2.09. The second-order valence-electron chi connectivity index (χ2n) is 3.55. The highest BCUT2D eigenvalue weighted by atomic mass is 16.5. The molecule has 0 atom stereocenters. The Hall–Kier alpha value is -1.84. The number of ketones is 1. The molecule has 0 N–H and O–H groups in total. The summed E-state index contributed by atoms with van der Waals surface area (Å²) in [6.45, 7) is 2.67. The number of Topliss-reactive ketones (excluding diaryl/α,β-unsaturated/α-hetero) is 1. The van der Waals surface area contributed by atoms with E-state index in [1.54, 1.807) is 24.3 Å². The molecule has 0 aliphatic rings. The fraction of sp³-hybridized carbons (Fsp3) is 0.385. The van der Waals surface area contributed by atoms with Gasteiger partial charge in [0.1, 0.15) is 12.2 Å². The van der Waals surface area contributed by atoms with Gasteiger partial charge >= 0.3 is 5.97 Å². The molecule has 17 heavy (non-hydrogen) atoms. The van der Waals surface area contributed by atoms with Crippen molar-refractivity contribution in [2.24, 2.45) is 0 Å². The summed E-state index contributed by atoms with van der Waals surface area (Å²) in [7, 11) is 1.26. The Bertz CT molecular complexity index is 381. The van der Waals surface area contributed by atoms with Crippen LogP contribution in [0.1, 0.15) is 30.1 Å². The van der Waals surface area contributed by atoms with Crippen LogP contribution in [0.25, 0.3) is 0 Å². The van der Waals surface area contributed by atoms with Crippen molar-refractivity contribution in [2.45, 2.75) is 19.8 Å². The van der Waals surface area contributed by atoms with Gasteiger partial charge in [0.05, 0.1) is 13.7 Å². The Kier molecular flexibility index (Phi) is 5.20. The monoisotopic (exact) mass is 236 g/mol. The minimum Gasteiger partial charge on any atom is -0.494 e. The van der Waals surface area contributed by atoms with E-state index in [1.165, 1.54) is 7.11 Å². The summed E-state index contributed by atoms with van der Waals surface area (Å²) < 4.78 is 9.82. The first-order valence-corrected chi connectivity index (χ1v) is 5.50. The maximum absolute atomic E-state index is 11.6. The number of hydrogen-bond acceptors (Lipinski definition) is 4. The van der Waals surface area contributed by atoms with Crippen LogP contribution in [0.15, 0.2) is 24.3 Å². The van der Waals surface area contributed by atoms with Gasteiger partial charge in [-0.25, -0.2) is 0 Å². The topological polar surface area (TPSA) is 52.6 Å². The Balaban J connectivity index is 2.60. The number of carbonyl (C=O) groups excluding carboxylic acids is 2. The van der Waals surface area contributed by atoms with Crippen molar-refractivity contribution in [1.82, 2.24) is 0 Å². The molecule has 0 spiro atoms. The zero-order chi connectivity index (χ0) is 12.7. The summed E-state index contributed by atoms with van der Waals surface area (Å²) in [5, 5.41) is 0. The predicted molar refractivity (Wildman–Crippen MR) is 63.2 cm³/mol. The summed E-state index contributed by atoms with van der Waals surface area (Å²) in [5.74, 6) is -0.0540. The van der Waals surface area contributed by atoms with Crippen molar-refractivity contribution in [2.75, 3.05) is 13.7 Å². The zero-order valence-electron chi connectivity index (χ0n) is 10.1.